The maximum Gasteiger partial charge on any atom is 0.0451 e. The Morgan fingerprint density at radius 2 is 0.365 bits per heavy atom. The van der Waals surface area contributed by atoms with E-state index in [-0.39, 0.29) is 10.8 Å². The quantitative estimate of drug-likeness (QED) is 0.0339. The third kappa shape index (κ3) is 13.4. The van der Waals surface area contributed by atoms with E-state index in [1.807, 2.05) is 0 Å². The first-order valence-corrected chi connectivity index (χ1v) is 28.3. The summed E-state index contributed by atoms with van der Waals surface area (Å²) >= 11 is 0. The zero-order valence-corrected chi connectivity index (χ0v) is 44.0. The summed E-state index contributed by atoms with van der Waals surface area (Å²) in [6.07, 6.45) is 22.5. The highest BCUT2D eigenvalue weighted by atomic mass is 14.4. The van der Waals surface area contributed by atoms with Crippen molar-refractivity contribution in [2.24, 2.45) is 0 Å². The average Bonchev–Trinajstić information content (AvgIpc) is 3.48. The normalized spacial score (nSPS) is 11.7. The Kier molecular flexibility index (Phi) is 19.1. The van der Waals surface area contributed by atoms with Crippen molar-refractivity contribution < 1.29 is 0 Å². The van der Waals surface area contributed by atoms with Gasteiger partial charge in [-0.2, -0.15) is 0 Å². The van der Waals surface area contributed by atoms with Gasteiger partial charge in [-0.1, -0.05) is 332 Å². The highest BCUT2D eigenvalue weighted by molar-refractivity contribution is 5.70. The van der Waals surface area contributed by atoms with Crippen molar-refractivity contribution >= 4 is 0 Å². The van der Waals surface area contributed by atoms with Gasteiger partial charge in [0, 0.05) is 10.8 Å². The van der Waals surface area contributed by atoms with Crippen LogP contribution in [0.4, 0.5) is 0 Å². The molecule has 0 radical (unpaired) electrons. The second-order valence-electron chi connectivity index (χ2n) is 20.9. The van der Waals surface area contributed by atoms with Crippen molar-refractivity contribution in [2.75, 3.05) is 0 Å². The largest absolute Gasteiger partial charge is 0.0622 e. The Hall–Kier alpha value is -7.02. The number of aryl methyl sites for hydroxylation is 2. The molecule has 9 rings (SSSR count). The summed E-state index contributed by atoms with van der Waals surface area (Å²) in [5.41, 5.74) is 16.1. The monoisotopic (exact) mass is 967 g/mol. The molecule has 0 unspecified atom stereocenters. The number of rotatable bonds is 28. The highest BCUT2D eigenvalue weighted by Gasteiger charge is 2.36. The third-order valence-corrected chi connectivity index (χ3v) is 16.1. The maximum absolute atomic E-state index is 2.34. The van der Waals surface area contributed by atoms with Gasteiger partial charge in [-0.05, 0) is 105 Å². The van der Waals surface area contributed by atoms with Crippen molar-refractivity contribution in [3.8, 4) is 22.3 Å². The lowest BCUT2D eigenvalue weighted by molar-refractivity contribution is 0.495. The zero-order chi connectivity index (χ0) is 50.4. The minimum atomic E-state index is -0.133. The third-order valence-electron chi connectivity index (χ3n) is 16.1. The fraction of sp³-hybridized carbons (Fsp3) is 0.270. The molecule has 74 heavy (non-hydrogen) atoms. The molecule has 0 atom stereocenters. The van der Waals surface area contributed by atoms with Gasteiger partial charge in [-0.15, -0.1) is 0 Å². The van der Waals surface area contributed by atoms with Gasteiger partial charge in [0.2, 0.25) is 0 Å². The van der Waals surface area contributed by atoms with Gasteiger partial charge in [-0.25, -0.2) is 0 Å². The molecule has 0 saturated carbocycles. The molecule has 9 aromatic carbocycles. The average molecular weight is 967 g/mol. The van der Waals surface area contributed by atoms with Gasteiger partial charge in [0.05, 0.1) is 0 Å². The Morgan fingerprint density at radius 1 is 0.176 bits per heavy atom. The van der Waals surface area contributed by atoms with Crippen LogP contribution in [0.15, 0.2) is 255 Å². The number of hydrogen-bond acceptors (Lipinski definition) is 0. The fourth-order valence-corrected chi connectivity index (χ4v) is 12.0. The van der Waals surface area contributed by atoms with Crippen LogP contribution < -0.4 is 0 Å². The lowest BCUT2D eigenvalue weighted by atomic mass is 9.66. The molecule has 0 heteroatoms. The molecule has 0 aliphatic heterocycles. The lowest BCUT2D eigenvalue weighted by Crippen LogP contribution is -2.29. The molecule has 374 valence electrons. The van der Waals surface area contributed by atoms with Crippen LogP contribution in [-0.2, 0) is 23.7 Å². The Balaban J connectivity index is 0.655. The van der Waals surface area contributed by atoms with Gasteiger partial charge in [-0.3, -0.25) is 0 Å². The molecule has 0 saturated heterocycles. The van der Waals surface area contributed by atoms with Crippen LogP contribution in [0.25, 0.3) is 22.3 Å². The van der Waals surface area contributed by atoms with E-state index in [4.69, 9.17) is 0 Å². The summed E-state index contributed by atoms with van der Waals surface area (Å²) in [6.45, 7) is 0. The summed E-state index contributed by atoms with van der Waals surface area (Å²) in [6, 6.07) is 94.8. The molecule has 0 amide bonds. The smallest absolute Gasteiger partial charge is 0.0451 e. The van der Waals surface area contributed by atoms with E-state index in [2.05, 4.69) is 255 Å². The van der Waals surface area contributed by atoms with Gasteiger partial charge in [0.1, 0.15) is 0 Å². The lowest BCUT2D eigenvalue weighted by Gasteiger charge is -2.36. The molecule has 0 spiro atoms. The summed E-state index contributed by atoms with van der Waals surface area (Å²) in [5.74, 6) is 0. The standard InChI is InChI=1S/C74H78/c1(5-9-31-59-73(67-35-19-11-20-36-67,68-37-21-12-22-38-68)69-39-23-13-24-40-69)3-7-17-33-61-47-51-63(52-48-61)65-55-57-66(58-56-65)64-53-49-62(50-54-64)34-18-8-4-2-6-10-32-60-74(70-41-25-14-26-42-70,71-43-27-15-28-44-71)72-45-29-16-30-46-72/h11-16,19-30,35-58H,1-10,17-18,31-34,59-60H2. The SMILES string of the molecule is c1ccc(C(CCCCCCCCCc2ccc(-c3ccc(-c4ccc(CCCCCCCCCC(c5ccccc5)(c5ccccc5)c5ccccc5)cc4)cc3)cc2)(c2ccccc2)c2ccccc2)cc1. The predicted molar refractivity (Wildman–Crippen MR) is 317 cm³/mol. The van der Waals surface area contributed by atoms with Crippen LogP contribution in [0, 0.1) is 0 Å². The molecule has 0 aliphatic rings. The van der Waals surface area contributed by atoms with Crippen LogP contribution >= 0.6 is 0 Å². The minimum absolute atomic E-state index is 0.133. The predicted octanol–water partition coefficient (Wildman–Crippen LogP) is 20.4. The van der Waals surface area contributed by atoms with E-state index < -0.39 is 0 Å². The summed E-state index contributed by atoms with van der Waals surface area (Å²) in [4.78, 5) is 0. The Labute approximate surface area is 445 Å². The first-order valence-electron chi connectivity index (χ1n) is 28.3. The first-order chi connectivity index (χ1) is 36.7. The van der Waals surface area contributed by atoms with Crippen LogP contribution in [0.1, 0.15) is 147 Å². The van der Waals surface area contributed by atoms with Crippen LogP contribution in [0.3, 0.4) is 0 Å². The summed E-state index contributed by atoms with van der Waals surface area (Å²) < 4.78 is 0. The van der Waals surface area contributed by atoms with E-state index in [1.165, 1.54) is 157 Å². The van der Waals surface area contributed by atoms with Gasteiger partial charge < -0.3 is 0 Å². The highest BCUT2D eigenvalue weighted by Crippen LogP contribution is 2.45. The first kappa shape index (κ1) is 51.9. The van der Waals surface area contributed by atoms with E-state index in [0.717, 1.165) is 25.7 Å². The molecule has 9 aromatic rings. The summed E-state index contributed by atoms with van der Waals surface area (Å²) in [5, 5.41) is 0. The van der Waals surface area contributed by atoms with Crippen molar-refractivity contribution in [3.63, 3.8) is 0 Å². The van der Waals surface area contributed by atoms with Gasteiger partial charge in [0.15, 0.2) is 0 Å². The van der Waals surface area contributed by atoms with Gasteiger partial charge in [0.25, 0.3) is 0 Å². The van der Waals surface area contributed by atoms with Crippen molar-refractivity contribution in [1.82, 2.24) is 0 Å². The number of unbranched alkanes of at least 4 members (excludes halogenated alkanes) is 12. The molecule has 0 N–H and O–H groups in total. The van der Waals surface area contributed by atoms with Crippen LogP contribution in [0.2, 0.25) is 0 Å². The molecule has 0 fully saturated rings. The molecule has 0 aliphatic carbocycles. The van der Waals surface area contributed by atoms with E-state index in [1.54, 1.807) is 0 Å². The Bertz CT molecular complexity index is 2520. The van der Waals surface area contributed by atoms with Crippen LogP contribution in [-0.4, -0.2) is 0 Å². The van der Waals surface area contributed by atoms with E-state index >= 15 is 0 Å². The number of benzene rings is 9. The van der Waals surface area contributed by atoms with Crippen molar-refractivity contribution in [3.05, 3.63) is 299 Å². The van der Waals surface area contributed by atoms with Crippen LogP contribution in [0.5, 0.6) is 0 Å². The number of hydrogen-bond donors (Lipinski definition) is 0. The fourth-order valence-electron chi connectivity index (χ4n) is 12.0. The molecular weight excluding hydrogens is 889 g/mol. The van der Waals surface area contributed by atoms with E-state index in [0.29, 0.717) is 0 Å². The molecule has 0 nitrogen and oxygen atoms in total. The van der Waals surface area contributed by atoms with E-state index in [9.17, 15) is 0 Å². The van der Waals surface area contributed by atoms with Crippen molar-refractivity contribution in [2.45, 2.75) is 126 Å². The zero-order valence-electron chi connectivity index (χ0n) is 44.0. The molecule has 0 aromatic heterocycles. The molecule has 0 heterocycles. The Morgan fingerprint density at radius 3 is 0.595 bits per heavy atom. The summed E-state index contributed by atoms with van der Waals surface area (Å²) in [7, 11) is 0. The second-order valence-corrected chi connectivity index (χ2v) is 20.9. The second kappa shape index (κ2) is 27.3. The van der Waals surface area contributed by atoms with Crippen molar-refractivity contribution in [1.29, 1.82) is 0 Å². The molecule has 0 bridgehead atoms. The molecular formula is C74H78. The van der Waals surface area contributed by atoms with Gasteiger partial charge >= 0.3 is 0 Å². The minimum Gasteiger partial charge on any atom is -0.0622 e. The maximum atomic E-state index is 2.34. The topological polar surface area (TPSA) is 0 Å².